The minimum atomic E-state index is -0.705. The van der Waals surface area contributed by atoms with E-state index in [2.05, 4.69) is 30.9 Å². The maximum Gasteiger partial charge on any atom is 0.336 e. The molecule has 9 heteroatoms. The van der Waals surface area contributed by atoms with Crippen molar-refractivity contribution >= 4 is 16.7 Å². The fourth-order valence-electron chi connectivity index (χ4n) is 3.43. The van der Waals surface area contributed by atoms with Gasteiger partial charge in [0, 0.05) is 0 Å². The second-order valence-electron chi connectivity index (χ2n) is 9.14. The summed E-state index contributed by atoms with van der Waals surface area (Å²) >= 11 is 0. The van der Waals surface area contributed by atoms with Crippen LogP contribution in [0.25, 0.3) is 22.4 Å². The Morgan fingerprint density at radius 2 is 1.79 bits per heavy atom. The normalized spacial score (nSPS) is 12.9. The van der Waals surface area contributed by atoms with E-state index in [1.807, 2.05) is 39.0 Å². The lowest BCUT2D eigenvalue weighted by Crippen LogP contribution is -2.25. The molecule has 4 N–H and O–H groups in total. The number of hydrogen-bond donors (Lipinski definition) is 4. The van der Waals surface area contributed by atoms with Crippen molar-refractivity contribution in [3.63, 3.8) is 0 Å². The number of fused-ring (bicyclic) bond motifs is 3. The van der Waals surface area contributed by atoms with Crippen molar-refractivity contribution < 1.29 is 14.9 Å². The van der Waals surface area contributed by atoms with Gasteiger partial charge in [-0.15, -0.1) is 0 Å². The lowest BCUT2D eigenvalue weighted by molar-refractivity contribution is 0.123. The number of aromatic hydroxyl groups is 2. The molecule has 0 bridgehead atoms. The van der Waals surface area contributed by atoms with Gasteiger partial charge in [-0.3, -0.25) is 10.1 Å². The van der Waals surface area contributed by atoms with Crippen LogP contribution < -0.4 is 10.4 Å². The van der Waals surface area contributed by atoms with Crippen molar-refractivity contribution in [2.45, 2.75) is 52.6 Å². The van der Waals surface area contributed by atoms with Gasteiger partial charge in [0.05, 0.1) is 11.0 Å². The molecule has 29 heavy (non-hydrogen) atoms. The monoisotopic (exact) mass is 399 g/mol. The largest absolute Gasteiger partial charge is 0.491 e. The zero-order valence-electron chi connectivity index (χ0n) is 17.3. The van der Waals surface area contributed by atoms with Crippen LogP contribution in [0.4, 0.5) is 0 Å². The van der Waals surface area contributed by atoms with Crippen LogP contribution in [-0.4, -0.2) is 40.0 Å². The summed E-state index contributed by atoms with van der Waals surface area (Å²) in [7, 11) is 0. The van der Waals surface area contributed by atoms with Crippen molar-refractivity contribution in [1.29, 1.82) is 0 Å². The van der Waals surface area contributed by atoms with Crippen LogP contribution in [0, 0.1) is 0 Å². The number of nitrogens with one attached hydrogen (secondary N) is 2. The summed E-state index contributed by atoms with van der Waals surface area (Å²) in [5.74, 6) is -0.986. The van der Waals surface area contributed by atoms with Crippen molar-refractivity contribution in [3.8, 4) is 23.3 Å². The molecule has 0 spiro atoms. The molecule has 0 aliphatic heterocycles. The number of rotatable bonds is 2. The predicted octanol–water partition coefficient (Wildman–Crippen LogP) is 3.18. The van der Waals surface area contributed by atoms with Gasteiger partial charge in [-0.25, -0.2) is 18.9 Å². The minimum absolute atomic E-state index is 0.144. The van der Waals surface area contributed by atoms with E-state index in [1.54, 1.807) is 4.52 Å². The number of benzene rings is 1. The van der Waals surface area contributed by atoms with E-state index < -0.39 is 23.1 Å². The fraction of sp³-hybridized carbons (Fsp3) is 0.400. The highest BCUT2D eigenvalue weighted by atomic mass is 16.5. The zero-order valence-corrected chi connectivity index (χ0v) is 17.3. The number of hydrogen-bond acceptors (Lipinski definition) is 5. The summed E-state index contributed by atoms with van der Waals surface area (Å²) in [6, 6.07) is 5.89. The molecule has 0 saturated carbocycles. The Morgan fingerprint density at radius 3 is 2.34 bits per heavy atom. The fourth-order valence-corrected chi connectivity index (χ4v) is 3.43. The Labute approximate surface area is 166 Å². The average Bonchev–Trinajstić information content (AvgIpc) is 3.16. The Bertz CT molecular complexity index is 1290. The van der Waals surface area contributed by atoms with Gasteiger partial charge < -0.3 is 14.9 Å². The number of para-hydroxylation sites is 1. The molecule has 3 heterocycles. The predicted molar refractivity (Wildman–Crippen MR) is 109 cm³/mol. The van der Waals surface area contributed by atoms with E-state index in [9.17, 15) is 15.0 Å². The third-order valence-corrected chi connectivity index (χ3v) is 4.62. The number of H-pyrrole nitrogens is 2. The van der Waals surface area contributed by atoms with E-state index in [0.29, 0.717) is 5.65 Å². The van der Waals surface area contributed by atoms with Gasteiger partial charge in [0.2, 0.25) is 5.88 Å². The Balaban J connectivity index is 2.13. The van der Waals surface area contributed by atoms with Gasteiger partial charge in [-0.05, 0) is 37.8 Å². The average molecular weight is 399 g/mol. The van der Waals surface area contributed by atoms with E-state index in [0.717, 1.165) is 21.2 Å². The van der Waals surface area contributed by atoms with Gasteiger partial charge in [-0.1, -0.05) is 32.9 Å². The van der Waals surface area contributed by atoms with Gasteiger partial charge in [0.15, 0.2) is 11.3 Å². The number of aromatic amines is 2. The molecule has 0 unspecified atom stereocenters. The molecule has 0 atom stereocenters. The van der Waals surface area contributed by atoms with E-state index in [-0.39, 0.29) is 17.0 Å². The molecule has 4 rings (SSSR count). The summed E-state index contributed by atoms with van der Waals surface area (Å²) in [6.07, 6.45) is 0. The Hall–Kier alpha value is -3.36. The van der Waals surface area contributed by atoms with Crippen molar-refractivity contribution in [2.24, 2.45) is 0 Å². The third kappa shape index (κ3) is 2.93. The quantitative estimate of drug-likeness (QED) is 0.413. The molecule has 0 fully saturated rings. The number of imidazole rings is 2. The molecular formula is C20H25N5O4. The Morgan fingerprint density at radius 1 is 1.10 bits per heavy atom. The molecule has 0 aliphatic rings. The zero-order chi connectivity index (χ0) is 21.3. The maximum atomic E-state index is 12.4. The number of ether oxygens (including phenoxy) is 1. The highest BCUT2D eigenvalue weighted by Crippen LogP contribution is 2.37. The molecule has 0 saturated heterocycles. The van der Waals surface area contributed by atoms with Gasteiger partial charge in [-0.2, -0.15) is 0 Å². The van der Waals surface area contributed by atoms with Gasteiger partial charge in [0.1, 0.15) is 5.60 Å². The van der Waals surface area contributed by atoms with Crippen LogP contribution in [0.5, 0.6) is 17.6 Å². The highest BCUT2D eigenvalue weighted by molar-refractivity contribution is 5.87. The van der Waals surface area contributed by atoms with Crippen LogP contribution in [0.3, 0.4) is 0 Å². The molecule has 4 aromatic rings. The van der Waals surface area contributed by atoms with E-state index >= 15 is 0 Å². The van der Waals surface area contributed by atoms with Crippen LogP contribution in [0.15, 0.2) is 23.0 Å². The SMILES string of the molecule is CC(C)(C)Oc1[nH]n2c(nc3c(C(C)(C)C)cccc32)c1-n1c(O)c(O)[nH]c1=O. The third-order valence-electron chi connectivity index (χ3n) is 4.62. The van der Waals surface area contributed by atoms with E-state index in [4.69, 9.17) is 9.72 Å². The molecule has 0 amide bonds. The van der Waals surface area contributed by atoms with Crippen molar-refractivity contribution in [2.75, 3.05) is 0 Å². The highest BCUT2D eigenvalue weighted by Gasteiger charge is 2.29. The Kier molecular flexibility index (Phi) is 3.81. The van der Waals surface area contributed by atoms with Gasteiger partial charge in [0.25, 0.3) is 11.8 Å². The first kappa shape index (κ1) is 19.0. The lowest BCUT2D eigenvalue weighted by Gasteiger charge is -2.21. The second kappa shape index (κ2) is 5.82. The topological polar surface area (TPSA) is 121 Å². The van der Waals surface area contributed by atoms with Crippen LogP contribution >= 0.6 is 0 Å². The summed E-state index contributed by atoms with van der Waals surface area (Å²) in [5, 5.41) is 23.3. The first-order valence-electron chi connectivity index (χ1n) is 9.34. The summed E-state index contributed by atoms with van der Waals surface area (Å²) < 4.78 is 8.68. The summed E-state index contributed by atoms with van der Waals surface area (Å²) in [4.78, 5) is 19.4. The first-order valence-corrected chi connectivity index (χ1v) is 9.34. The molecular weight excluding hydrogens is 374 g/mol. The molecule has 9 nitrogen and oxygen atoms in total. The smallest absolute Gasteiger partial charge is 0.336 e. The summed E-state index contributed by atoms with van der Waals surface area (Å²) in [5.41, 5.74) is 1.82. The lowest BCUT2D eigenvalue weighted by atomic mass is 9.86. The molecule has 0 aliphatic carbocycles. The van der Waals surface area contributed by atoms with Crippen LogP contribution in [0.1, 0.15) is 47.1 Å². The number of nitrogens with zero attached hydrogens (tertiary/aromatic N) is 3. The summed E-state index contributed by atoms with van der Waals surface area (Å²) in [6.45, 7) is 11.9. The second-order valence-corrected chi connectivity index (χ2v) is 9.14. The molecule has 154 valence electrons. The minimum Gasteiger partial charge on any atom is -0.491 e. The van der Waals surface area contributed by atoms with Crippen molar-refractivity contribution in [1.82, 2.24) is 24.1 Å². The van der Waals surface area contributed by atoms with E-state index in [1.165, 1.54) is 0 Å². The van der Waals surface area contributed by atoms with Crippen molar-refractivity contribution in [3.05, 3.63) is 34.2 Å². The molecule has 0 radical (unpaired) electrons. The molecule has 3 aromatic heterocycles. The standard InChI is InChI=1S/C20H25N5O4/c1-19(2,3)10-8-7-9-11-12(10)21-14-13(24-17(27)15(26)22-18(24)28)16(23-25(11)14)29-20(4,5)6/h7-9,23,26-27H,1-6H3,(H,22,28). The molecule has 1 aromatic carbocycles. The first-order chi connectivity index (χ1) is 13.4. The van der Waals surface area contributed by atoms with Crippen LogP contribution in [0.2, 0.25) is 0 Å². The van der Waals surface area contributed by atoms with Gasteiger partial charge >= 0.3 is 5.69 Å². The maximum absolute atomic E-state index is 12.4. The number of aromatic nitrogens is 5. The van der Waals surface area contributed by atoms with Crippen LogP contribution in [-0.2, 0) is 5.41 Å².